The van der Waals surface area contributed by atoms with E-state index >= 15 is 0 Å². The number of nitriles is 1. The van der Waals surface area contributed by atoms with Crippen molar-refractivity contribution in [2.24, 2.45) is 5.92 Å². The quantitative estimate of drug-likeness (QED) is 0.842. The predicted octanol–water partition coefficient (Wildman–Crippen LogP) is 3.46. The van der Waals surface area contributed by atoms with Crippen molar-refractivity contribution < 1.29 is 0 Å². The molecule has 0 heterocycles. The molecule has 3 heteroatoms. The molecule has 3 saturated carbocycles. The Balaban J connectivity index is 1.55. The van der Waals surface area contributed by atoms with Gasteiger partial charge in [0.15, 0.2) is 0 Å². The SMILES string of the molecule is CN(CC1CCCCC1)C1CCCC(C#N)(NC2CC2)C1. The molecule has 0 saturated heterocycles. The second-order valence-electron chi connectivity index (χ2n) is 7.81. The van der Waals surface area contributed by atoms with Gasteiger partial charge in [0.25, 0.3) is 0 Å². The highest BCUT2D eigenvalue weighted by Crippen LogP contribution is 2.35. The molecule has 0 aromatic heterocycles. The van der Waals surface area contributed by atoms with Crippen molar-refractivity contribution in [1.82, 2.24) is 10.2 Å². The molecular formula is C18H31N3. The summed E-state index contributed by atoms with van der Waals surface area (Å²) in [6, 6.07) is 3.87. The molecule has 2 unspecified atom stereocenters. The van der Waals surface area contributed by atoms with E-state index in [4.69, 9.17) is 0 Å². The van der Waals surface area contributed by atoms with Crippen LogP contribution in [0.2, 0.25) is 0 Å². The zero-order valence-corrected chi connectivity index (χ0v) is 13.6. The molecule has 0 radical (unpaired) electrons. The van der Waals surface area contributed by atoms with Gasteiger partial charge in [0.2, 0.25) is 0 Å². The Labute approximate surface area is 130 Å². The van der Waals surface area contributed by atoms with Crippen molar-refractivity contribution in [1.29, 1.82) is 5.26 Å². The maximum atomic E-state index is 9.71. The van der Waals surface area contributed by atoms with Crippen molar-refractivity contribution >= 4 is 0 Å². The highest BCUT2D eigenvalue weighted by Gasteiger charge is 2.41. The van der Waals surface area contributed by atoms with Crippen molar-refractivity contribution in [3.05, 3.63) is 0 Å². The smallest absolute Gasteiger partial charge is 0.108 e. The minimum absolute atomic E-state index is 0.231. The molecule has 2 atom stereocenters. The second-order valence-corrected chi connectivity index (χ2v) is 7.81. The molecule has 3 nitrogen and oxygen atoms in total. The van der Waals surface area contributed by atoms with E-state index in [1.165, 1.54) is 64.3 Å². The molecule has 0 aromatic carbocycles. The Morgan fingerprint density at radius 1 is 1.10 bits per heavy atom. The molecule has 3 fully saturated rings. The average Bonchev–Trinajstić information content (AvgIpc) is 3.32. The Morgan fingerprint density at radius 2 is 1.86 bits per heavy atom. The average molecular weight is 289 g/mol. The summed E-state index contributed by atoms with van der Waals surface area (Å²) >= 11 is 0. The van der Waals surface area contributed by atoms with E-state index < -0.39 is 0 Å². The topological polar surface area (TPSA) is 39.1 Å². The van der Waals surface area contributed by atoms with Crippen molar-refractivity contribution in [3.8, 4) is 6.07 Å². The zero-order chi connectivity index (χ0) is 14.7. The minimum Gasteiger partial charge on any atom is -0.303 e. The maximum Gasteiger partial charge on any atom is 0.108 e. The summed E-state index contributed by atoms with van der Waals surface area (Å²) in [5.41, 5.74) is -0.231. The lowest BCUT2D eigenvalue weighted by Crippen LogP contribution is -2.53. The highest BCUT2D eigenvalue weighted by atomic mass is 15.1. The summed E-state index contributed by atoms with van der Waals surface area (Å²) in [5, 5.41) is 13.4. The fourth-order valence-corrected chi connectivity index (χ4v) is 4.43. The predicted molar refractivity (Wildman–Crippen MR) is 86.0 cm³/mol. The van der Waals surface area contributed by atoms with Crippen LogP contribution in [0.1, 0.15) is 70.6 Å². The van der Waals surface area contributed by atoms with Gasteiger partial charge in [-0.05, 0) is 64.3 Å². The number of rotatable bonds is 5. The van der Waals surface area contributed by atoms with E-state index in [-0.39, 0.29) is 5.54 Å². The van der Waals surface area contributed by atoms with Crippen LogP contribution in [0.4, 0.5) is 0 Å². The van der Waals surface area contributed by atoms with E-state index in [9.17, 15) is 5.26 Å². The molecule has 0 spiro atoms. The van der Waals surface area contributed by atoms with Crippen molar-refractivity contribution in [2.45, 2.75) is 88.3 Å². The lowest BCUT2D eigenvalue weighted by molar-refractivity contribution is 0.118. The summed E-state index contributed by atoms with van der Waals surface area (Å²) in [6.45, 7) is 1.25. The van der Waals surface area contributed by atoms with Crippen LogP contribution < -0.4 is 5.32 Å². The fraction of sp³-hybridized carbons (Fsp3) is 0.944. The van der Waals surface area contributed by atoms with Crippen LogP contribution in [0.25, 0.3) is 0 Å². The van der Waals surface area contributed by atoms with Gasteiger partial charge < -0.3 is 4.90 Å². The molecule has 3 aliphatic rings. The van der Waals surface area contributed by atoms with Gasteiger partial charge in [-0.3, -0.25) is 5.32 Å². The van der Waals surface area contributed by atoms with Crippen LogP contribution in [0.15, 0.2) is 0 Å². The molecule has 0 aromatic rings. The third-order valence-electron chi connectivity index (χ3n) is 5.89. The monoisotopic (exact) mass is 289 g/mol. The van der Waals surface area contributed by atoms with E-state index in [0.29, 0.717) is 12.1 Å². The van der Waals surface area contributed by atoms with Gasteiger partial charge in [-0.1, -0.05) is 19.3 Å². The van der Waals surface area contributed by atoms with E-state index in [1.54, 1.807) is 0 Å². The first-order valence-electron chi connectivity index (χ1n) is 9.10. The van der Waals surface area contributed by atoms with Crippen LogP contribution in [-0.4, -0.2) is 36.1 Å². The first-order chi connectivity index (χ1) is 10.2. The Bertz CT molecular complexity index is 378. The summed E-state index contributed by atoms with van der Waals surface area (Å²) < 4.78 is 0. The van der Waals surface area contributed by atoms with Gasteiger partial charge in [-0.15, -0.1) is 0 Å². The number of hydrogen-bond donors (Lipinski definition) is 1. The Hall–Kier alpha value is -0.590. The summed E-state index contributed by atoms with van der Waals surface area (Å²) in [6.07, 6.45) is 14.2. The molecule has 0 bridgehead atoms. The maximum absolute atomic E-state index is 9.71. The highest BCUT2D eigenvalue weighted by molar-refractivity contribution is 5.13. The van der Waals surface area contributed by atoms with E-state index in [0.717, 1.165) is 18.8 Å². The van der Waals surface area contributed by atoms with Crippen LogP contribution in [-0.2, 0) is 0 Å². The third kappa shape index (κ3) is 3.99. The lowest BCUT2D eigenvalue weighted by Gasteiger charge is -2.41. The van der Waals surface area contributed by atoms with Gasteiger partial charge in [0.05, 0.1) is 6.07 Å². The van der Waals surface area contributed by atoms with Crippen LogP contribution in [0, 0.1) is 17.2 Å². The first kappa shape index (κ1) is 15.3. The van der Waals surface area contributed by atoms with Crippen LogP contribution in [0.5, 0.6) is 0 Å². The Kier molecular flexibility index (Phi) is 4.86. The Morgan fingerprint density at radius 3 is 2.52 bits per heavy atom. The molecule has 3 aliphatic carbocycles. The molecule has 0 aliphatic heterocycles. The lowest BCUT2D eigenvalue weighted by atomic mass is 9.78. The minimum atomic E-state index is -0.231. The summed E-state index contributed by atoms with van der Waals surface area (Å²) in [5.74, 6) is 0.901. The molecule has 3 rings (SSSR count). The van der Waals surface area contributed by atoms with E-state index in [1.807, 2.05) is 0 Å². The molecule has 1 N–H and O–H groups in total. The normalized spacial score (nSPS) is 34.8. The fourth-order valence-electron chi connectivity index (χ4n) is 4.43. The van der Waals surface area contributed by atoms with Crippen molar-refractivity contribution in [3.63, 3.8) is 0 Å². The third-order valence-corrected chi connectivity index (χ3v) is 5.89. The first-order valence-corrected chi connectivity index (χ1v) is 9.10. The molecule has 0 amide bonds. The van der Waals surface area contributed by atoms with E-state index in [2.05, 4.69) is 23.3 Å². The number of hydrogen-bond acceptors (Lipinski definition) is 3. The number of nitrogens with one attached hydrogen (secondary N) is 1. The summed E-state index contributed by atoms with van der Waals surface area (Å²) in [7, 11) is 2.30. The zero-order valence-electron chi connectivity index (χ0n) is 13.6. The molecule has 21 heavy (non-hydrogen) atoms. The van der Waals surface area contributed by atoms with Gasteiger partial charge in [0.1, 0.15) is 5.54 Å². The second kappa shape index (κ2) is 6.67. The largest absolute Gasteiger partial charge is 0.303 e. The van der Waals surface area contributed by atoms with Crippen LogP contribution in [0.3, 0.4) is 0 Å². The standard InChI is InChI=1S/C18H31N3/c1-21(13-15-6-3-2-4-7-15)17-8-5-11-18(12-17,14-19)20-16-9-10-16/h15-17,20H,2-13H2,1H3. The molecule has 118 valence electrons. The van der Waals surface area contributed by atoms with Gasteiger partial charge in [0, 0.05) is 18.6 Å². The summed E-state index contributed by atoms with van der Waals surface area (Å²) in [4.78, 5) is 2.58. The van der Waals surface area contributed by atoms with Crippen molar-refractivity contribution in [2.75, 3.05) is 13.6 Å². The van der Waals surface area contributed by atoms with Crippen LogP contribution >= 0.6 is 0 Å². The van der Waals surface area contributed by atoms with Gasteiger partial charge >= 0.3 is 0 Å². The van der Waals surface area contributed by atoms with Gasteiger partial charge in [-0.2, -0.15) is 5.26 Å². The molecular weight excluding hydrogens is 258 g/mol. The van der Waals surface area contributed by atoms with Gasteiger partial charge in [-0.25, -0.2) is 0 Å². The number of nitrogens with zero attached hydrogens (tertiary/aromatic N) is 2.